The molecule has 0 radical (unpaired) electrons. The maximum absolute atomic E-state index is 12.1. The van der Waals surface area contributed by atoms with Gasteiger partial charge in [0.2, 0.25) is 5.91 Å². The molecule has 9 heteroatoms. The lowest BCUT2D eigenvalue weighted by Gasteiger charge is -2.43. The van der Waals surface area contributed by atoms with Crippen molar-refractivity contribution >= 4 is 33.1 Å². The van der Waals surface area contributed by atoms with Gasteiger partial charge in [-0.2, -0.15) is 0 Å². The van der Waals surface area contributed by atoms with Crippen LogP contribution in [0.3, 0.4) is 0 Å². The first-order valence-corrected chi connectivity index (χ1v) is 10.8. The van der Waals surface area contributed by atoms with Gasteiger partial charge in [0, 0.05) is 24.8 Å². The fourth-order valence-electron chi connectivity index (χ4n) is 3.53. The molecule has 3 N–H and O–H groups in total. The van der Waals surface area contributed by atoms with Crippen molar-refractivity contribution in [3.8, 4) is 0 Å². The largest absolute Gasteiger partial charge is 0.478 e. The van der Waals surface area contributed by atoms with E-state index in [1.54, 1.807) is 19.1 Å². The number of fused-ring (bicyclic) bond motifs is 1. The summed E-state index contributed by atoms with van der Waals surface area (Å²) < 4.78 is 23.3. The minimum absolute atomic E-state index is 0.0649. The highest BCUT2D eigenvalue weighted by molar-refractivity contribution is 7.90. The molecule has 0 saturated carbocycles. The van der Waals surface area contributed by atoms with Crippen molar-refractivity contribution in [2.45, 2.75) is 31.0 Å². The third kappa shape index (κ3) is 3.96. The fraction of sp³-hybridized carbons (Fsp3) is 0.300. The number of hydrogen-bond donors (Lipinski definition) is 3. The molecular formula is C20H22N2O6S. The predicted octanol–water partition coefficient (Wildman–Crippen LogP) is 2.26. The number of sulfone groups is 1. The molecule has 154 valence electrons. The van der Waals surface area contributed by atoms with Gasteiger partial charge in [0.25, 0.3) is 0 Å². The lowest BCUT2D eigenvalue weighted by atomic mass is 9.85. The average molecular weight is 418 g/mol. The van der Waals surface area contributed by atoms with E-state index in [0.29, 0.717) is 16.9 Å². The Balaban J connectivity index is 2.06. The number of benzene rings is 2. The zero-order valence-electron chi connectivity index (χ0n) is 16.2. The summed E-state index contributed by atoms with van der Waals surface area (Å²) in [6.07, 6.45) is 0.0122. The summed E-state index contributed by atoms with van der Waals surface area (Å²) in [4.78, 5) is 25.0. The highest BCUT2D eigenvalue weighted by atomic mass is 32.2. The van der Waals surface area contributed by atoms with Crippen molar-refractivity contribution in [2.75, 3.05) is 16.5 Å². The zero-order valence-corrected chi connectivity index (χ0v) is 17.0. The molecule has 1 heterocycles. The van der Waals surface area contributed by atoms with Crippen LogP contribution in [0, 0.1) is 5.92 Å². The summed E-state index contributed by atoms with van der Waals surface area (Å²) in [6.45, 7) is 3.09. The number of rotatable bonds is 4. The molecule has 0 aromatic heterocycles. The van der Waals surface area contributed by atoms with Gasteiger partial charge >= 0.3 is 5.97 Å². The Kier molecular flexibility index (Phi) is 5.38. The highest BCUT2D eigenvalue weighted by Gasteiger charge is 2.40. The molecule has 0 aliphatic carbocycles. The van der Waals surface area contributed by atoms with Gasteiger partial charge in [-0.1, -0.05) is 6.92 Å². The standard InChI is InChI=1S/C20H22N2O6S/c1-11-18(21-14-5-7-15(8-6-14)29(3,27)28)16-10-13(20(25)26)4-9-17(16)22(12(2)23)19(11)24/h4-11,18-19,21,24H,1-3H3,(H,25,26)/t11-,18-,19+/m1/s1. The lowest BCUT2D eigenvalue weighted by molar-refractivity contribution is -0.119. The van der Waals surface area contributed by atoms with Gasteiger partial charge in [-0.15, -0.1) is 0 Å². The Morgan fingerprint density at radius 1 is 1.10 bits per heavy atom. The van der Waals surface area contributed by atoms with Crippen molar-refractivity contribution < 1.29 is 28.2 Å². The number of carbonyl (C=O) groups excluding carboxylic acids is 1. The number of amides is 1. The number of carboxylic acids is 1. The zero-order chi connectivity index (χ0) is 21.5. The van der Waals surface area contributed by atoms with Gasteiger partial charge < -0.3 is 15.5 Å². The van der Waals surface area contributed by atoms with Gasteiger partial charge in [-0.3, -0.25) is 9.69 Å². The topological polar surface area (TPSA) is 124 Å². The summed E-state index contributed by atoms with van der Waals surface area (Å²) in [5, 5.41) is 23.3. The molecule has 29 heavy (non-hydrogen) atoms. The van der Waals surface area contributed by atoms with Crippen LogP contribution in [0.15, 0.2) is 47.4 Å². The summed E-state index contributed by atoms with van der Waals surface area (Å²) >= 11 is 0. The average Bonchev–Trinajstić information content (AvgIpc) is 2.64. The number of hydrogen-bond acceptors (Lipinski definition) is 6. The third-order valence-corrected chi connectivity index (χ3v) is 6.20. The number of aliphatic hydroxyl groups excluding tert-OH is 1. The first kappa shape index (κ1) is 20.8. The molecule has 0 fully saturated rings. The van der Waals surface area contributed by atoms with Crippen LogP contribution in [0.25, 0.3) is 0 Å². The summed E-state index contributed by atoms with van der Waals surface area (Å²) in [5.74, 6) is -1.92. The lowest BCUT2D eigenvalue weighted by Crippen LogP contribution is -2.50. The second-order valence-electron chi connectivity index (χ2n) is 7.16. The SMILES string of the molecule is CC(=O)N1c2ccc(C(=O)O)cc2[C@H](Nc2ccc(S(C)(=O)=O)cc2)[C@@H](C)[C@@H]1O. The number of nitrogens with one attached hydrogen (secondary N) is 1. The maximum Gasteiger partial charge on any atom is 0.335 e. The van der Waals surface area contributed by atoms with E-state index >= 15 is 0 Å². The molecule has 2 aromatic rings. The Morgan fingerprint density at radius 3 is 2.24 bits per heavy atom. The molecule has 0 spiro atoms. The van der Waals surface area contributed by atoms with Gasteiger partial charge in [0.1, 0.15) is 6.23 Å². The van der Waals surface area contributed by atoms with E-state index in [0.717, 1.165) is 6.26 Å². The second-order valence-corrected chi connectivity index (χ2v) is 9.17. The molecule has 0 saturated heterocycles. The van der Waals surface area contributed by atoms with Gasteiger partial charge in [0.15, 0.2) is 9.84 Å². The van der Waals surface area contributed by atoms with E-state index in [4.69, 9.17) is 0 Å². The Morgan fingerprint density at radius 2 is 1.72 bits per heavy atom. The van der Waals surface area contributed by atoms with Crippen LogP contribution >= 0.6 is 0 Å². The molecule has 1 amide bonds. The molecule has 1 aliphatic heterocycles. The number of aromatic carboxylic acids is 1. The highest BCUT2D eigenvalue weighted by Crippen LogP contribution is 2.42. The number of nitrogens with zero attached hydrogens (tertiary/aromatic N) is 1. The van der Waals surface area contributed by atoms with Gasteiger partial charge in [-0.05, 0) is 48.0 Å². The first-order chi connectivity index (χ1) is 13.5. The molecule has 0 unspecified atom stereocenters. The molecule has 3 rings (SSSR count). The van der Waals surface area contributed by atoms with E-state index < -0.39 is 34.0 Å². The number of carbonyl (C=O) groups is 2. The third-order valence-electron chi connectivity index (χ3n) is 5.07. The van der Waals surface area contributed by atoms with Gasteiger partial charge in [-0.25, -0.2) is 13.2 Å². The Labute approximate surface area is 168 Å². The van der Waals surface area contributed by atoms with Crippen molar-refractivity contribution in [3.63, 3.8) is 0 Å². The fourth-order valence-corrected chi connectivity index (χ4v) is 4.16. The van der Waals surface area contributed by atoms with Crippen LogP contribution in [0.5, 0.6) is 0 Å². The number of aliphatic hydroxyl groups is 1. The monoisotopic (exact) mass is 418 g/mol. The molecule has 1 aliphatic rings. The van der Waals surface area contributed by atoms with Crippen LogP contribution in [0.4, 0.5) is 11.4 Å². The quantitative estimate of drug-likeness (QED) is 0.696. The van der Waals surface area contributed by atoms with Crippen LogP contribution in [0.1, 0.15) is 35.8 Å². The predicted molar refractivity (Wildman–Crippen MR) is 108 cm³/mol. The van der Waals surface area contributed by atoms with E-state index in [2.05, 4.69) is 5.32 Å². The molecule has 3 atom stereocenters. The summed E-state index contributed by atoms with van der Waals surface area (Å²) in [7, 11) is -3.33. The summed E-state index contributed by atoms with van der Waals surface area (Å²) in [5.41, 5.74) is 1.66. The van der Waals surface area contributed by atoms with Crippen molar-refractivity contribution in [3.05, 3.63) is 53.6 Å². The minimum atomic E-state index is -3.33. The normalized spacial score (nSPS) is 21.4. The first-order valence-electron chi connectivity index (χ1n) is 8.92. The van der Waals surface area contributed by atoms with E-state index in [1.807, 2.05) is 0 Å². The van der Waals surface area contributed by atoms with Crippen molar-refractivity contribution in [2.24, 2.45) is 5.92 Å². The van der Waals surface area contributed by atoms with Crippen LogP contribution in [-0.2, 0) is 14.6 Å². The Hall–Kier alpha value is -2.91. The van der Waals surface area contributed by atoms with Crippen molar-refractivity contribution in [1.29, 1.82) is 0 Å². The van der Waals surface area contributed by atoms with Crippen LogP contribution in [0.2, 0.25) is 0 Å². The maximum atomic E-state index is 12.1. The molecule has 0 bridgehead atoms. The van der Waals surface area contributed by atoms with E-state index in [1.165, 1.54) is 42.2 Å². The van der Waals surface area contributed by atoms with Gasteiger partial charge in [0.05, 0.1) is 22.2 Å². The van der Waals surface area contributed by atoms with E-state index in [-0.39, 0.29) is 16.4 Å². The minimum Gasteiger partial charge on any atom is -0.478 e. The Bertz CT molecular complexity index is 1060. The molecule has 8 nitrogen and oxygen atoms in total. The van der Waals surface area contributed by atoms with E-state index in [9.17, 15) is 28.2 Å². The smallest absolute Gasteiger partial charge is 0.335 e. The van der Waals surface area contributed by atoms with Crippen molar-refractivity contribution in [1.82, 2.24) is 0 Å². The van der Waals surface area contributed by atoms with Crippen LogP contribution in [-0.4, -0.2) is 43.0 Å². The second kappa shape index (κ2) is 7.49. The number of carboxylic acid groups (broad SMARTS) is 1. The summed E-state index contributed by atoms with van der Waals surface area (Å²) in [6, 6.07) is 10.0. The number of anilines is 2. The molecular weight excluding hydrogens is 396 g/mol. The molecule has 2 aromatic carbocycles. The van der Waals surface area contributed by atoms with Crippen LogP contribution < -0.4 is 10.2 Å².